The zero-order valence-corrected chi connectivity index (χ0v) is 24.8. The maximum absolute atomic E-state index is 13.5. The van der Waals surface area contributed by atoms with Crippen molar-refractivity contribution in [3.8, 4) is 5.69 Å². The van der Waals surface area contributed by atoms with Gasteiger partial charge in [-0.3, -0.25) is 9.36 Å². The number of rotatable bonds is 9. The van der Waals surface area contributed by atoms with Crippen molar-refractivity contribution >= 4 is 56.8 Å². The summed E-state index contributed by atoms with van der Waals surface area (Å²) in [6.07, 6.45) is 0.461. The van der Waals surface area contributed by atoms with Crippen molar-refractivity contribution in [2.75, 3.05) is 0 Å². The van der Waals surface area contributed by atoms with Gasteiger partial charge in [0.05, 0.1) is 22.3 Å². The van der Waals surface area contributed by atoms with E-state index in [0.29, 0.717) is 48.9 Å². The lowest BCUT2D eigenvalue weighted by atomic mass is 10.0. The fraction of sp³-hybridized carbons (Fsp3) is 0.100. The highest BCUT2D eigenvalue weighted by Gasteiger charge is 2.27. The van der Waals surface area contributed by atoms with Gasteiger partial charge in [-0.15, -0.1) is 10.2 Å². The van der Waals surface area contributed by atoms with Crippen LogP contribution in [0.15, 0.2) is 107 Å². The van der Waals surface area contributed by atoms with Gasteiger partial charge in [-0.2, -0.15) is 0 Å². The molecule has 1 unspecified atom stereocenters. The maximum atomic E-state index is 13.5. The van der Waals surface area contributed by atoms with Gasteiger partial charge < -0.3 is 5.32 Å². The molecule has 5 aromatic rings. The SMILES string of the molecule is O=C(NC(Cc1ccccc1)c1nnc(SCc2ccc(F)cc2)n1-c1ccc(Cl)cc1Cl)c1ccccc1Br. The van der Waals surface area contributed by atoms with Crippen LogP contribution in [-0.2, 0) is 12.2 Å². The lowest BCUT2D eigenvalue weighted by Crippen LogP contribution is -2.32. The molecular weight excluding hydrogens is 634 g/mol. The van der Waals surface area contributed by atoms with Crippen LogP contribution in [0.3, 0.4) is 0 Å². The van der Waals surface area contributed by atoms with E-state index in [1.54, 1.807) is 36.4 Å². The summed E-state index contributed by atoms with van der Waals surface area (Å²) in [4.78, 5) is 13.5. The Kier molecular flexibility index (Phi) is 9.22. The summed E-state index contributed by atoms with van der Waals surface area (Å²) < 4.78 is 16.0. The van der Waals surface area contributed by atoms with E-state index in [1.165, 1.54) is 23.9 Å². The molecule has 202 valence electrons. The minimum atomic E-state index is -0.554. The molecule has 1 aromatic heterocycles. The Morgan fingerprint density at radius 2 is 1.65 bits per heavy atom. The second-order valence-corrected chi connectivity index (χ2v) is 11.5. The summed E-state index contributed by atoms with van der Waals surface area (Å²) in [5, 5.41) is 13.7. The second-order valence-electron chi connectivity index (χ2n) is 8.88. The first kappa shape index (κ1) is 28.4. The molecule has 1 atom stereocenters. The zero-order chi connectivity index (χ0) is 28.1. The molecule has 0 bridgehead atoms. The van der Waals surface area contributed by atoms with Gasteiger partial charge in [0.1, 0.15) is 5.82 Å². The zero-order valence-electron chi connectivity index (χ0n) is 20.9. The van der Waals surface area contributed by atoms with E-state index in [-0.39, 0.29) is 11.7 Å². The lowest BCUT2D eigenvalue weighted by Gasteiger charge is -2.21. The molecule has 1 heterocycles. The quantitative estimate of drug-likeness (QED) is 0.162. The Labute approximate surface area is 253 Å². The van der Waals surface area contributed by atoms with Crippen molar-refractivity contribution < 1.29 is 9.18 Å². The van der Waals surface area contributed by atoms with Gasteiger partial charge in [-0.25, -0.2) is 4.39 Å². The smallest absolute Gasteiger partial charge is 0.253 e. The summed E-state index contributed by atoms with van der Waals surface area (Å²) >= 11 is 17.8. The predicted octanol–water partition coefficient (Wildman–Crippen LogP) is 8.48. The summed E-state index contributed by atoms with van der Waals surface area (Å²) in [5.74, 6) is 0.480. The summed E-state index contributed by atoms with van der Waals surface area (Å²) in [5.41, 5.74) is 3.06. The van der Waals surface area contributed by atoms with Crippen LogP contribution in [0, 0.1) is 5.82 Å². The molecule has 4 aromatic carbocycles. The van der Waals surface area contributed by atoms with Crippen molar-refractivity contribution in [1.82, 2.24) is 20.1 Å². The highest BCUT2D eigenvalue weighted by molar-refractivity contribution is 9.10. The molecule has 0 aliphatic rings. The molecular formula is C30H22BrCl2FN4OS. The van der Waals surface area contributed by atoms with Gasteiger partial charge in [0, 0.05) is 15.2 Å². The van der Waals surface area contributed by atoms with Crippen molar-refractivity contribution in [3.05, 3.63) is 140 Å². The number of halogens is 4. The molecule has 5 rings (SSSR count). The van der Waals surface area contributed by atoms with Gasteiger partial charge >= 0.3 is 0 Å². The number of benzene rings is 4. The first-order valence-corrected chi connectivity index (χ1v) is 14.8. The van der Waals surface area contributed by atoms with Gasteiger partial charge in [0.15, 0.2) is 11.0 Å². The van der Waals surface area contributed by atoms with E-state index < -0.39 is 6.04 Å². The Morgan fingerprint density at radius 1 is 0.925 bits per heavy atom. The second kappa shape index (κ2) is 13.0. The van der Waals surface area contributed by atoms with Crippen LogP contribution in [0.25, 0.3) is 5.69 Å². The van der Waals surface area contributed by atoms with E-state index in [9.17, 15) is 9.18 Å². The van der Waals surface area contributed by atoms with Gasteiger partial charge in [-0.1, -0.05) is 89.6 Å². The van der Waals surface area contributed by atoms with Crippen molar-refractivity contribution in [2.45, 2.75) is 23.4 Å². The number of carbonyl (C=O) groups excluding carboxylic acids is 1. The van der Waals surface area contributed by atoms with Crippen LogP contribution in [-0.4, -0.2) is 20.7 Å². The highest BCUT2D eigenvalue weighted by Crippen LogP contribution is 2.33. The molecule has 0 fully saturated rings. The first-order valence-electron chi connectivity index (χ1n) is 12.3. The highest BCUT2D eigenvalue weighted by atomic mass is 79.9. The number of aromatic nitrogens is 3. The lowest BCUT2D eigenvalue weighted by molar-refractivity contribution is 0.0933. The maximum Gasteiger partial charge on any atom is 0.253 e. The Bertz CT molecular complexity index is 1630. The van der Waals surface area contributed by atoms with Crippen molar-refractivity contribution in [1.29, 1.82) is 0 Å². The number of nitrogens with one attached hydrogen (secondary N) is 1. The van der Waals surface area contributed by atoms with Crippen molar-refractivity contribution in [2.24, 2.45) is 0 Å². The number of nitrogens with zero attached hydrogens (tertiary/aromatic N) is 3. The van der Waals surface area contributed by atoms with Crippen LogP contribution < -0.4 is 5.32 Å². The number of hydrogen-bond donors (Lipinski definition) is 1. The largest absolute Gasteiger partial charge is 0.342 e. The molecule has 1 N–H and O–H groups in total. The normalized spacial score (nSPS) is 11.8. The molecule has 0 radical (unpaired) electrons. The molecule has 40 heavy (non-hydrogen) atoms. The molecule has 10 heteroatoms. The predicted molar refractivity (Wildman–Crippen MR) is 162 cm³/mol. The molecule has 0 aliphatic heterocycles. The fourth-order valence-corrected chi connectivity index (χ4v) is 6.02. The van der Waals surface area contributed by atoms with E-state index in [2.05, 4.69) is 31.4 Å². The Morgan fingerprint density at radius 3 is 2.38 bits per heavy atom. The summed E-state index contributed by atoms with van der Waals surface area (Å²) in [6.45, 7) is 0. The standard InChI is InChI=1S/C30H22BrCl2FN4OS/c31-24-9-5-4-8-23(24)29(39)35-26(16-19-6-2-1-3-7-19)28-36-37-30(40-18-20-10-13-22(34)14-11-20)38(28)27-15-12-21(32)17-25(27)33/h1-15,17,26H,16,18H2,(H,35,39). The van der Waals surface area contributed by atoms with Gasteiger partial charge in [-0.05, 0) is 75.9 Å². The minimum absolute atomic E-state index is 0.259. The minimum Gasteiger partial charge on any atom is -0.342 e. The monoisotopic (exact) mass is 654 g/mol. The van der Waals surface area contributed by atoms with E-state index >= 15 is 0 Å². The molecule has 0 aliphatic carbocycles. The topological polar surface area (TPSA) is 59.8 Å². The molecule has 0 saturated heterocycles. The molecule has 0 spiro atoms. The number of hydrogen-bond acceptors (Lipinski definition) is 4. The Hall–Kier alpha value is -3.17. The first-order chi connectivity index (χ1) is 19.4. The third kappa shape index (κ3) is 6.75. The molecule has 0 saturated carbocycles. The van der Waals surface area contributed by atoms with Crippen LogP contribution >= 0.6 is 50.9 Å². The van der Waals surface area contributed by atoms with Gasteiger partial charge in [0.2, 0.25) is 0 Å². The number of thioether (sulfide) groups is 1. The van der Waals surface area contributed by atoms with Crippen LogP contribution in [0.2, 0.25) is 10.0 Å². The van der Waals surface area contributed by atoms with Crippen LogP contribution in [0.5, 0.6) is 0 Å². The molecule has 1 amide bonds. The van der Waals surface area contributed by atoms with Gasteiger partial charge in [0.25, 0.3) is 5.91 Å². The third-order valence-corrected chi connectivity index (χ3v) is 8.34. The van der Waals surface area contributed by atoms with Crippen LogP contribution in [0.1, 0.15) is 33.4 Å². The third-order valence-electron chi connectivity index (χ3n) is 6.11. The van der Waals surface area contributed by atoms with E-state index in [0.717, 1.165) is 11.1 Å². The summed E-state index contributed by atoms with van der Waals surface area (Å²) in [6, 6.07) is 28.0. The van der Waals surface area contributed by atoms with E-state index in [1.807, 2.05) is 53.1 Å². The Balaban J connectivity index is 1.57. The van der Waals surface area contributed by atoms with E-state index in [4.69, 9.17) is 23.2 Å². The average molecular weight is 656 g/mol. The summed E-state index contributed by atoms with van der Waals surface area (Å²) in [7, 11) is 0. The van der Waals surface area contributed by atoms with Crippen molar-refractivity contribution in [3.63, 3.8) is 0 Å². The average Bonchev–Trinajstić information content (AvgIpc) is 3.36. The molecule has 5 nitrogen and oxygen atoms in total. The number of amides is 1. The van der Waals surface area contributed by atoms with Crippen LogP contribution in [0.4, 0.5) is 4.39 Å². The fourth-order valence-electron chi connectivity index (χ4n) is 4.16. The number of carbonyl (C=O) groups is 1.